The van der Waals surface area contributed by atoms with E-state index in [0.717, 1.165) is 12.8 Å². The van der Waals surface area contributed by atoms with Crippen LogP contribution in [0.15, 0.2) is 42.5 Å². The van der Waals surface area contributed by atoms with Gasteiger partial charge in [-0.3, -0.25) is 4.79 Å². The minimum atomic E-state index is -0.481. The molecule has 2 aromatic carbocycles. The molecule has 1 aliphatic heterocycles. The van der Waals surface area contributed by atoms with Gasteiger partial charge in [0.2, 0.25) is 0 Å². The van der Waals surface area contributed by atoms with Gasteiger partial charge in [0.15, 0.2) is 5.78 Å². The lowest BCUT2D eigenvalue weighted by Gasteiger charge is -2.34. The summed E-state index contributed by atoms with van der Waals surface area (Å²) in [6, 6.07) is 12.3. The fourth-order valence-electron chi connectivity index (χ4n) is 3.32. The maximum atomic E-state index is 13.2. The number of benzene rings is 2. The van der Waals surface area contributed by atoms with Crippen LogP contribution < -0.4 is 4.74 Å². The highest BCUT2D eigenvalue weighted by Gasteiger charge is 2.44. The Labute approximate surface area is 116 Å². The molecule has 4 rings (SSSR count). The van der Waals surface area contributed by atoms with Gasteiger partial charge in [-0.25, -0.2) is 4.39 Å². The minimum absolute atomic E-state index is 0.0291. The zero-order valence-electron chi connectivity index (χ0n) is 10.9. The Kier molecular flexibility index (Phi) is 2.28. The molecular formula is C17H13FO2. The van der Waals surface area contributed by atoms with E-state index < -0.39 is 11.4 Å². The Balaban J connectivity index is 1.75. The normalized spacial score (nSPS) is 18.6. The monoisotopic (exact) mass is 268 g/mol. The Morgan fingerprint density at radius 3 is 2.40 bits per heavy atom. The molecule has 2 aromatic rings. The molecule has 0 saturated carbocycles. The molecule has 2 aliphatic rings. The van der Waals surface area contributed by atoms with E-state index in [2.05, 4.69) is 12.1 Å². The predicted molar refractivity (Wildman–Crippen MR) is 72.6 cm³/mol. The number of carbonyl (C=O) groups is 1. The van der Waals surface area contributed by atoms with E-state index in [9.17, 15) is 9.18 Å². The molecule has 1 aliphatic carbocycles. The third-order valence-electron chi connectivity index (χ3n) is 4.19. The van der Waals surface area contributed by atoms with Crippen LogP contribution in [0.5, 0.6) is 5.75 Å². The smallest absolute Gasteiger partial charge is 0.170 e. The highest BCUT2D eigenvalue weighted by molar-refractivity contribution is 6.00. The van der Waals surface area contributed by atoms with E-state index in [-0.39, 0.29) is 5.78 Å². The summed E-state index contributed by atoms with van der Waals surface area (Å²) >= 11 is 0. The van der Waals surface area contributed by atoms with Crippen LogP contribution >= 0.6 is 0 Å². The van der Waals surface area contributed by atoms with Gasteiger partial charge in [0.05, 0.1) is 12.0 Å². The molecule has 0 bridgehead atoms. The molecule has 0 amide bonds. The molecule has 0 saturated heterocycles. The number of hydrogen-bond donors (Lipinski definition) is 0. The van der Waals surface area contributed by atoms with Crippen molar-refractivity contribution >= 4 is 5.78 Å². The lowest BCUT2D eigenvalue weighted by molar-refractivity contribution is 0.0471. The summed E-state index contributed by atoms with van der Waals surface area (Å²) in [6.07, 6.45) is 1.80. The molecular weight excluding hydrogens is 255 g/mol. The standard InChI is InChI=1S/C17H13FO2/c18-13-5-6-16-14(7-13)15(19)10-17(20-16)8-11-3-1-2-4-12(11)9-17/h1-7H,8-10H2. The summed E-state index contributed by atoms with van der Waals surface area (Å²) in [5.41, 5.74) is 2.37. The molecule has 1 heterocycles. The lowest BCUT2D eigenvalue weighted by atomic mass is 9.87. The Morgan fingerprint density at radius 2 is 1.70 bits per heavy atom. The average Bonchev–Trinajstić information content (AvgIpc) is 2.77. The van der Waals surface area contributed by atoms with Crippen molar-refractivity contribution in [1.29, 1.82) is 0 Å². The van der Waals surface area contributed by atoms with Crippen LogP contribution in [0.2, 0.25) is 0 Å². The van der Waals surface area contributed by atoms with Crippen molar-refractivity contribution < 1.29 is 13.9 Å². The summed E-state index contributed by atoms with van der Waals surface area (Å²) in [7, 11) is 0. The van der Waals surface area contributed by atoms with Gasteiger partial charge < -0.3 is 4.74 Å². The first-order valence-electron chi connectivity index (χ1n) is 6.74. The molecule has 0 N–H and O–H groups in total. The quantitative estimate of drug-likeness (QED) is 0.732. The Hall–Kier alpha value is -2.16. The van der Waals surface area contributed by atoms with Gasteiger partial charge in [-0.15, -0.1) is 0 Å². The van der Waals surface area contributed by atoms with E-state index in [4.69, 9.17) is 4.74 Å². The summed E-state index contributed by atoms with van der Waals surface area (Å²) in [5, 5.41) is 0. The predicted octanol–water partition coefficient (Wildman–Crippen LogP) is 3.33. The second-order valence-electron chi connectivity index (χ2n) is 5.65. The van der Waals surface area contributed by atoms with Crippen LogP contribution in [-0.2, 0) is 12.8 Å². The number of ether oxygens (including phenoxy) is 1. The largest absolute Gasteiger partial charge is 0.485 e. The van der Waals surface area contributed by atoms with Crippen molar-refractivity contribution in [3.05, 3.63) is 65.0 Å². The van der Waals surface area contributed by atoms with Gasteiger partial charge in [-0.2, -0.15) is 0 Å². The van der Waals surface area contributed by atoms with Crippen molar-refractivity contribution in [2.45, 2.75) is 24.9 Å². The van der Waals surface area contributed by atoms with E-state index >= 15 is 0 Å². The number of carbonyl (C=O) groups excluding carboxylic acids is 1. The topological polar surface area (TPSA) is 26.3 Å². The van der Waals surface area contributed by atoms with Crippen molar-refractivity contribution in [2.75, 3.05) is 0 Å². The second kappa shape index (κ2) is 3.92. The van der Waals surface area contributed by atoms with E-state index in [1.807, 2.05) is 12.1 Å². The van der Waals surface area contributed by atoms with E-state index in [0.29, 0.717) is 17.7 Å². The van der Waals surface area contributed by atoms with Crippen molar-refractivity contribution in [3.8, 4) is 5.75 Å². The third kappa shape index (κ3) is 1.66. The number of rotatable bonds is 0. The number of halogens is 1. The molecule has 3 heteroatoms. The summed E-state index contributed by atoms with van der Waals surface area (Å²) in [4.78, 5) is 12.3. The summed E-state index contributed by atoms with van der Waals surface area (Å²) < 4.78 is 19.3. The van der Waals surface area contributed by atoms with Gasteiger partial charge >= 0.3 is 0 Å². The highest BCUT2D eigenvalue weighted by Crippen LogP contribution is 2.41. The zero-order valence-corrected chi connectivity index (χ0v) is 10.9. The van der Waals surface area contributed by atoms with Crippen LogP contribution in [-0.4, -0.2) is 11.4 Å². The first-order valence-corrected chi connectivity index (χ1v) is 6.74. The molecule has 0 aromatic heterocycles. The molecule has 20 heavy (non-hydrogen) atoms. The molecule has 0 radical (unpaired) electrons. The fraction of sp³-hybridized carbons (Fsp3) is 0.235. The third-order valence-corrected chi connectivity index (χ3v) is 4.19. The molecule has 100 valence electrons. The number of Topliss-reactive ketones (excluding diaryl/α,β-unsaturated/α-hetero) is 1. The molecule has 0 atom stereocenters. The van der Waals surface area contributed by atoms with Crippen LogP contribution in [0, 0.1) is 5.82 Å². The van der Waals surface area contributed by atoms with Gasteiger partial charge in [0.1, 0.15) is 17.2 Å². The number of hydrogen-bond acceptors (Lipinski definition) is 2. The lowest BCUT2D eigenvalue weighted by Crippen LogP contribution is -2.42. The molecule has 0 unspecified atom stereocenters. The van der Waals surface area contributed by atoms with Crippen molar-refractivity contribution in [2.24, 2.45) is 0 Å². The molecule has 1 spiro atoms. The van der Waals surface area contributed by atoms with Gasteiger partial charge in [-0.05, 0) is 29.3 Å². The van der Waals surface area contributed by atoms with Crippen LogP contribution in [0.4, 0.5) is 4.39 Å². The van der Waals surface area contributed by atoms with Crippen LogP contribution in [0.3, 0.4) is 0 Å². The molecule has 2 nitrogen and oxygen atoms in total. The Bertz CT molecular complexity index is 696. The summed E-state index contributed by atoms with van der Waals surface area (Å²) in [6.45, 7) is 0. The SMILES string of the molecule is O=C1CC2(Cc3ccccc3C2)Oc2ccc(F)cc21. The van der Waals surface area contributed by atoms with Crippen LogP contribution in [0.25, 0.3) is 0 Å². The maximum absolute atomic E-state index is 13.2. The van der Waals surface area contributed by atoms with E-state index in [1.54, 1.807) is 6.07 Å². The van der Waals surface area contributed by atoms with E-state index in [1.165, 1.54) is 23.3 Å². The highest BCUT2D eigenvalue weighted by atomic mass is 19.1. The van der Waals surface area contributed by atoms with Crippen molar-refractivity contribution in [1.82, 2.24) is 0 Å². The van der Waals surface area contributed by atoms with Crippen molar-refractivity contribution in [3.63, 3.8) is 0 Å². The first-order chi connectivity index (χ1) is 9.65. The second-order valence-corrected chi connectivity index (χ2v) is 5.65. The first kappa shape index (κ1) is 11.6. The van der Waals surface area contributed by atoms with Gasteiger partial charge in [0, 0.05) is 12.8 Å². The van der Waals surface area contributed by atoms with Gasteiger partial charge in [0.25, 0.3) is 0 Å². The zero-order chi connectivity index (χ0) is 13.7. The summed E-state index contributed by atoms with van der Waals surface area (Å²) in [5.74, 6) is 0.0837. The minimum Gasteiger partial charge on any atom is -0.485 e. The number of ketones is 1. The average molecular weight is 268 g/mol. The molecule has 0 fully saturated rings. The van der Waals surface area contributed by atoms with Crippen LogP contribution in [0.1, 0.15) is 27.9 Å². The fourth-order valence-corrected chi connectivity index (χ4v) is 3.32. The van der Waals surface area contributed by atoms with Gasteiger partial charge in [-0.1, -0.05) is 24.3 Å². The Morgan fingerprint density at radius 1 is 1.00 bits per heavy atom. The maximum Gasteiger partial charge on any atom is 0.170 e. The number of fused-ring (bicyclic) bond motifs is 2.